The van der Waals surface area contributed by atoms with Gasteiger partial charge in [-0.1, -0.05) is 0 Å². The lowest BCUT2D eigenvalue weighted by atomic mass is 10.2. The highest BCUT2D eigenvalue weighted by Crippen LogP contribution is 2.21. The third kappa shape index (κ3) is 3.35. The van der Waals surface area contributed by atoms with Gasteiger partial charge in [0, 0.05) is 11.5 Å². The van der Waals surface area contributed by atoms with Crippen LogP contribution in [-0.4, -0.2) is 23.3 Å². The molecule has 114 valence electrons. The van der Waals surface area contributed by atoms with Crippen LogP contribution in [0.25, 0.3) is 11.0 Å². The van der Waals surface area contributed by atoms with Crippen LogP contribution in [0.15, 0.2) is 47.0 Å². The Morgan fingerprint density at radius 1 is 1.23 bits per heavy atom. The fraction of sp³-hybridized carbons (Fsp3) is 0.188. The lowest BCUT2D eigenvalue weighted by Gasteiger charge is -2.06. The Kier molecular flexibility index (Phi) is 4.20. The van der Waals surface area contributed by atoms with E-state index in [1.807, 2.05) is 6.07 Å². The topological polar surface area (TPSA) is 67.5 Å². The Morgan fingerprint density at radius 2 is 2.14 bits per heavy atom. The smallest absolute Gasteiger partial charge is 0.213 e. The van der Waals surface area contributed by atoms with Crippen LogP contribution in [0.4, 0.5) is 10.1 Å². The van der Waals surface area contributed by atoms with Crippen LogP contribution in [0, 0.1) is 5.82 Å². The third-order valence-corrected chi connectivity index (χ3v) is 3.07. The van der Waals surface area contributed by atoms with Gasteiger partial charge in [-0.15, -0.1) is 0 Å². The summed E-state index contributed by atoms with van der Waals surface area (Å²) >= 11 is 0. The molecule has 0 aliphatic carbocycles. The fourth-order valence-corrected chi connectivity index (χ4v) is 2.07. The van der Waals surface area contributed by atoms with Crippen LogP contribution in [0.2, 0.25) is 0 Å². The number of aliphatic hydroxyl groups is 1. The molecule has 0 aliphatic heterocycles. The van der Waals surface area contributed by atoms with Crippen molar-refractivity contribution >= 4 is 16.7 Å². The van der Waals surface area contributed by atoms with Gasteiger partial charge in [0.25, 0.3) is 0 Å². The van der Waals surface area contributed by atoms with Gasteiger partial charge in [-0.05, 0) is 30.3 Å². The van der Waals surface area contributed by atoms with Gasteiger partial charge in [0.05, 0.1) is 25.0 Å². The Balaban J connectivity index is 1.63. The zero-order valence-corrected chi connectivity index (χ0v) is 11.8. The maximum atomic E-state index is 13.1. The molecule has 1 aromatic carbocycles. The lowest BCUT2D eigenvalue weighted by Crippen LogP contribution is -2.03. The Hall–Kier alpha value is -2.60. The van der Waals surface area contributed by atoms with E-state index in [2.05, 4.69) is 10.3 Å². The first-order valence-electron chi connectivity index (χ1n) is 6.86. The Labute approximate surface area is 126 Å². The zero-order chi connectivity index (χ0) is 15.4. The minimum absolute atomic E-state index is 0.0473. The van der Waals surface area contributed by atoms with Gasteiger partial charge in [-0.3, -0.25) is 0 Å². The molecule has 22 heavy (non-hydrogen) atoms. The predicted molar refractivity (Wildman–Crippen MR) is 80.3 cm³/mol. The van der Waals surface area contributed by atoms with Gasteiger partial charge in [-0.2, -0.15) is 0 Å². The van der Waals surface area contributed by atoms with E-state index < -0.39 is 0 Å². The van der Waals surface area contributed by atoms with Crippen molar-refractivity contribution in [2.75, 3.05) is 18.5 Å². The molecule has 2 N–H and O–H groups in total. The number of nitrogens with one attached hydrogen (secondary N) is 1. The molecule has 0 fully saturated rings. The number of anilines is 1. The molecule has 0 amide bonds. The van der Waals surface area contributed by atoms with Crippen molar-refractivity contribution in [2.24, 2.45) is 0 Å². The average molecular weight is 302 g/mol. The number of benzene rings is 1. The molecule has 0 atom stereocenters. The van der Waals surface area contributed by atoms with Gasteiger partial charge in [0.2, 0.25) is 5.88 Å². The molecule has 0 spiro atoms. The number of aromatic nitrogens is 1. The van der Waals surface area contributed by atoms with E-state index in [1.165, 1.54) is 12.1 Å². The van der Waals surface area contributed by atoms with Crippen LogP contribution >= 0.6 is 0 Å². The number of hydrogen-bond donors (Lipinski definition) is 2. The number of pyridine rings is 1. The largest absolute Gasteiger partial charge is 0.475 e. The molecule has 0 unspecified atom stereocenters. The van der Waals surface area contributed by atoms with Crippen molar-refractivity contribution in [3.63, 3.8) is 0 Å². The standard InChI is InChI=1S/C16H15FN2O3/c17-12-1-3-15-11(7-12)8-14(22-15)10-18-13-2-4-16(19-9-13)21-6-5-20/h1-4,7-9,18,20H,5-6,10H2. The SMILES string of the molecule is OCCOc1ccc(NCc2cc3cc(F)ccc3o2)cn1. The monoisotopic (exact) mass is 302 g/mol. The first kappa shape index (κ1) is 14.3. The molecule has 0 saturated heterocycles. The minimum Gasteiger partial charge on any atom is -0.475 e. The van der Waals surface area contributed by atoms with Gasteiger partial charge in [0.15, 0.2) is 0 Å². The number of hydrogen-bond acceptors (Lipinski definition) is 5. The second-order valence-corrected chi connectivity index (χ2v) is 4.71. The summed E-state index contributed by atoms with van der Waals surface area (Å²) in [5.41, 5.74) is 1.46. The van der Waals surface area contributed by atoms with Crippen molar-refractivity contribution < 1.29 is 18.7 Å². The second kappa shape index (κ2) is 6.44. The van der Waals surface area contributed by atoms with Crippen LogP contribution in [0.1, 0.15) is 5.76 Å². The van der Waals surface area contributed by atoms with E-state index in [0.29, 0.717) is 23.8 Å². The molecule has 0 saturated carbocycles. The van der Waals surface area contributed by atoms with E-state index in [0.717, 1.165) is 11.1 Å². The molecule has 0 bridgehead atoms. The quantitative estimate of drug-likeness (QED) is 0.733. The van der Waals surface area contributed by atoms with Crippen molar-refractivity contribution in [1.82, 2.24) is 4.98 Å². The molecule has 3 aromatic rings. The number of fused-ring (bicyclic) bond motifs is 1. The van der Waals surface area contributed by atoms with Gasteiger partial charge in [-0.25, -0.2) is 9.37 Å². The van der Waals surface area contributed by atoms with E-state index in [-0.39, 0.29) is 19.0 Å². The summed E-state index contributed by atoms with van der Waals surface area (Å²) in [6.45, 7) is 0.637. The highest BCUT2D eigenvalue weighted by Gasteiger charge is 2.05. The molecule has 2 heterocycles. The summed E-state index contributed by atoms with van der Waals surface area (Å²) in [5, 5.41) is 12.6. The van der Waals surface area contributed by atoms with Crippen LogP contribution in [0.3, 0.4) is 0 Å². The molecule has 6 heteroatoms. The summed E-state index contributed by atoms with van der Waals surface area (Å²) in [4.78, 5) is 4.11. The van der Waals surface area contributed by atoms with Crippen molar-refractivity contribution in [3.05, 3.63) is 54.2 Å². The highest BCUT2D eigenvalue weighted by molar-refractivity contribution is 5.77. The molecule has 5 nitrogen and oxygen atoms in total. The number of aliphatic hydroxyl groups excluding tert-OH is 1. The summed E-state index contributed by atoms with van der Waals surface area (Å²) in [7, 11) is 0. The summed E-state index contributed by atoms with van der Waals surface area (Å²) < 4.78 is 23.9. The van der Waals surface area contributed by atoms with Crippen molar-refractivity contribution in [3.8, 4) is 5.88 Å². The first-order valence-corrected chi connectivity index (χ1v) is 6.86. The maximum Gasteiger partial charge on any atom is 0.213 e. The summed E-state index contributed by atoms with van der Waals surface area (Å²) in [6.07, 6.45) is 1.63. The number of halogens is 1. The molecular formula is C16H15FN2O3. The van der Waals surface area contributed by atoms with E-state index in [1.54, 1.807) is 24.4 Å². The van der Waals surface area contributed by atoms with Crippen molar-refractivity contribution in [2.45, 2.75) is 6.54 Å². The van der Waals surface area contributed by atoms with E-state index in [4.69, 9.17) is 14.3 Å². The summed E-state index contributed by atoms with van der Waals surface area (Å²) in [5.74, 6) is 0.885. The fourth-order valence-electron chi connectivity index (χ4n) is 2.07. The second-order valence-electron chi connectivity index (χ2n) is 4.71. The van der Waals surface area contributed by atoms with Crippen LogP contribution in [0.5, 0.6) is 5.88 Å². The number of furan rings is 1. The first-order chi connectivity index (χ1) is 10.7. The number of nitrogens with zero attached hydrogens (tertiary/aromatic N) is 1. The number of rotatable bonds is 6. The molecule has 0 aliphatic rings. The Morgan fingerprint density at radius 3 is 2.91 bits per heavy atom. The van der Waals surface area contributed by atoms with Gasteiger partial charge < -0.3 is 19.6 Å². The van der Waals surface area contributed by atoms with Crippen LogP contribution in [-0.2, 0) is 6.54 Å². The lowest BCUT2D eigenvalue weighted by molar-refractivity contribution is 0.196. The molecule has 3 rings (SSSR count). The third-order valence-electron chi connectivity index (χ3n) is 3.07. The zero-order valence-electron chi connectivity index (χ0n) is 11.8. The van der Waals surface area contributed by atoms with E-state index in [9.17, 15) is 4.39 Å². The average Bonchev–Trinajstić information content (AvgIpc) is 2.94. The Bertz CT molecular complexity index is 756. The van der Waals surface area contributed by atoms with Crippen molar-refractivity contribution in [1.29, 1.82) is 0 Å². The minimum atomic E-state index is -0.282. The molecular weight excluding hydrogens is 287 g/mol. The summed E-state index contributed by atoms with van der Waals surface area (Å²) in [6, 6.07) is 9.77. The normalized spacial score (nSPS) is 10.8. The van der Waals surface area contributed by atoms with Crippen LogP contribution < -0.4 is 10.1 Å². The maximum absolute atomic E-state index is 13.1. The predicted octanol–water partition coefficient (Wildman–Crippen LogP) is 2.95. The molecule has 0 radical (unpaired) electrons. The molecule has 2 aromatic heterocycles. The number of ether oxygens (including phenoxy) is 1. The van der Waals surface area contributed by atoms with Gasteiger partial charge in [0.1, 0.15) is 23.8 Å². The highest BCUT2D eigenvalue weighted by atomic mass is 19.1. The van der Waals surface area contributed by atoms with Gasteiger partial charge >= 0.3 is 0 Å². The van der Waals surface area contributed by atoms with E-state index >= 15 is 0 Å².